The van der Waals surface area contributed by atoms with E-state index in [1.54, 1.807) is 0 Å². The number of fused-ring (bicyclic) bond motifs is 1. The maximum atomic E-state index is 5.68. The van der Waals surface area contributed by atoms with E-state index in [1.807, 2.05) is 12.1 Å². The molecule has 0 saturated heterocycles. The Labute approximate surface area is 112 Å². The van der Waals surface area contributed by atoms with Gasteiger partial charge in [-0.2, -0.15) is 0 Å². The van der Waals surface area contributed by atoms with Crippen molar-refractivity contribution in [2.45, 2.75) is 19.3 Å². The molecule has 0 aromatic heterocycles. The summed E-state index contributed by atoms with van der Waals surface area (Å²) in [6, 6.07) is 3.79. The van der Waals surface area contributed by atoms with Gasteiger partial charge in [0.2, 0.25) is 6.79 Å². The number of hydrogen-bond donors (Lipinski definition) is 1. The van der Waals surface area contributed by atoms with Crippen molar-refractivity contribution in [3.05, 3.63) is 17.7 Å². The molecule has 1 heterocycles. The van der Waals surface area contributed by atoms with E-state index in [0.717, 1.165) is 41.8 Å². The molecule has 19 heavy (non-hydrogen) atoms. The summed E-state index contributed by atoms with van der Waals surface area (Å²) in [5.74, 6) is 2.99. The Hall–Kier alpha value is -1.46. The highest BCUT2D eigenvalue weighted by Gasteiger charge is 2.21. The van der Waals surface area contributed by atoms with Crippen molar-refractivity contribution in [3.63, 3.8) is 0 Å². The number of nitrogens with two attached hydrogens (primary N) is 1. The van der Waals surface area contributed by atoms with E-state index in [2.05, 4.69) is 0 Å². The molecule has 1 aliphatic heterocycles. The molecule has 0 amide bonds. The van der Waals surface area contributed by atoms with Gasteiger partial charge in [0.25, 0.3) is 0 Å². The molecule has 2 N–H and O–H groups in total. The van der Waals surface area contributed by atoms with Gasteiger partial charge in [-0.1, -0.05) is 0 Å². The second-order valence-electron chi connectivity index (χ2n) is 4.93. The van der Waals surface area contributed by atoms with Crippen LogP contribution in [-0.2, 0) is 11.2 Å². The predicted octanol–water partition coefficient (Wildman–Crippen LogP) is 1.68. The van der Waals surface area contributed by atoms with Crippen LogP contribution in [0.15, 0.2) is 12.1 Å². The molecule has 1 aromatic carbocycles. The van der Waals surface area contributed by atoms with Crippen molar-refractivity contribution in [3.8, 4) is 17.2 Å². The largest absolute Gasteiger partial charge is 0.467 e. The maximum absolute atomic E-state index is 5.68. The maximum Gasteiger partial charge on any atom is 0.231 e. The van der Waals surface area contributed by atoms with Crippen molar-refractivity contribution < 1.29 is 18.9 Å². The number of rotatable bonds is 7. The van der Waals surface area contributed by atoms with Crippen molar-refractivity contribution in [1.82, 2.24) is 0 Å². The highest BCUT2D eigenvalue weighted by atomic mass is 16.7. The van der Waals surface area contributed by atoms with Crippen LogP contribution in [0.25, 0.3) is 0 Å². The van der Waals surface area contributed by atoms with Gasteiger partial charge in [0, 0.05) is 6.07 Å². The van der Waals surface area contributed by atoms with Gasteiger partial charge in [0.05, 0.1) is 6.61 Å². The number of ether oxygens (including phenoxy) is 4. The van der Waals surface area contributed by atoms with Crippen molar-refractivity contribution >= 4 is 0 Å². The molecular formula is C14H19NO4. The molecular weight excluding hydrogens is 246 g/mol. The Kier molecular flexibility index (Phi) is 3.75. The fourth-order valence-electron chi connectivity index (χ4n) is 2.06. The van der Waals surface area contributed by atoms with Crippen molar-refractivity contribution in [1.29, 1.82) is 0 Å². The zero-order valence-corrected chi connectivity index (χ0v) is 10.9. The molecule has 3 rings (SSSR count). The average Bonchev–Trinajstić information content (AvgIpc) is 3.13. The van der Waals surface area contributed by atoms with E-state index in [1.165, 1.54) is 12.8 Å². The minimum absolute atomic E-state index is 0.263. The summed E-state index contributed by atoms with van der Waals surface area (Å²) in [6.07, 6.45) is 3.31. The van der Waals surface area contributed by atoms with Gasteiger partial charge in [0.15, 0.2) is 18.3 Å². The first-order valence-corrected chi connectivity index (χ1v) is 6.70. The Morgan fingerprint density at radius 2 is 2.00 bits per heavy atom. The summed E-state index contributed by atoms with van der Waals surface area (Å²) < 4.78 is 21.9. The zero-order valence-electron chi connectivity index (χ0n) is 10.9. The summed E-state index contributed by atoms with van der Waals surface area (Å²) in [4.78, 5) is 0. The fourth-order valence-corrected chi connectivity index (χ4v) is 2.06. The van der Waals surface area contributed by atoms with Crippen LogP contribution in [0, 0.1) is 5.92 Å². The van der Waals surface area contributed by atoms with Gasteiger partial charge in [-0.15, -0.1) is 0 Å². The van der Waals surface area contributed by atoms with Gasteiger partial charge < -0.3 is 24.7 Å². The first-order chi connectivity index (χ1) is 9.36. The Morgan fingerprint density at radius 1 is 1.21 bits per heavy atom. The second-order valence-corrected chi connectivity index (χ2v) is 4.93. The van der Waals surface area contributed by atoms with Crippen LogP contribution >= 0.6 is 0 Å². The number of hydrogen-bond acceptors (Lipinski definition) is 5. The third-order valence-electron chi connectivity index (χ3n) is 3.32. The lowest BCUT2D eigenvalue weighted by Gasteiger charge is -2.12. The third kappa shape index (κ3) is 3.11. The molecule has 2 aliphatic rings. The van der Waals surface area contributed by atoms with E-state index in [4.69, 9.17) is 24.7 Å². The Bertz CT molecular complexity index is 445. The molecule has 5 heteroatoms. The first-order valence-electron chi connectivity index (χ1n) is 6.70. The molecule has 0 bridgehead atoms. The van der Waals surface area contributed by atoms with E-state index in [-0.39, 0.29) is 13.6 Å². The van der Waals surface area contributed by atoms with Crippen LogP contribution in [-0.4, -0.2) is 26.7 Å². The zero-order chi connectivity index (χ0) is 13.1. The lowest BCUT2D eigenvalue weighted by Crippen LogP contribution is -2.09. The lowest BCUT2D eigenvalue weighted by atomic mass is 10.1. The van der Waals surface area contributed by atoms with Gasteiger partial charge in [-0.05, 0) is 43.4 Å². The quantitative estimate of drug-likeness (QED) is 0.600. The monoisotopic (exact) mass is 265 g/mol. The Balaban J connectivity index is 1.63. The predicted molar refractivity (Wildman–Crippen MR) is 69.5 cm³/mol. The van der Waals surface area contributed by atoms with Gasteiger partial charge >= 0.3 is 0 Å². The summed E-state index contributed by atoms with van der Waals surface area (Å²) >= 11 is 0. The normalized spacial score (nSPS) is 16.7. The summed E-state index contributed by atoms with van der Waals surface area (Å²) in [5.41, 5.74) is 6.65. The SMILES string of the molecule is NCCc1cc2c(cc1OCOCC1CC1)OCO2. The summed E-state index contributed by atoms with van der Waals surface area (Å²) in [7, 11) is 0. The van der Waals surface area contributed by atoms with E-state index >= 15 is 0 Å². The topological polar surface area (TPSA) is 62.9 Å². The van der Waals surface area contributed by atoms with Crippen molar-refractivity contribution in [2.75, 3.05) is 26.7 Å². The summed E-state index contributed by atoms with van der Waals surface area (Å²) in [5, 5.41) is 0. The van der Waals surface area contributed by atoms with Crippen LogP contribution in [0.1, 0.15) is 18.4 Å². The first kappa shape index (κ1) is 12.6. The second kappa shape index (κ2) is 5.67. The number of benzene rings is 1. The van der Waals surface area contributed by atoms with Crippen LogP contribution in [0.5, 0.6) is 17.2 Å². The van der Waals surface area contributed by atoms with Crippen molar-refractivity contribution in [2.24, 2.45) is 11.7 Å². The smallest absolute Gasteiger partial charge is 0.231 e. The molecule has 1 aromatic rings. The minimum atomic E-state index is 0.263. The van der Waals surface area contributed by atoms with Gasteiger partial charge in [0.1, 0.15) is 5.75 Å². The third-order valence-corrected chi connectivity index (χ3v) is 3.32. The van der Waals surface area contributed by atoms with E-state index < -0.39 is 0 Å². The summed E-state index contributed by atoms with van der Waals surface area (Å²) in [6.45, 7) is 1.89. The molecule has 1 aliphatic carbocycles. The molecule has 1 saturated carbocycles. The van der Waals surface area contributed by atoms with E-state index in [9.17, 15) is 0 Å². The molecule has 104 valence electrons. The molecule has 0 atom stereocenters. The standard InChI is InChI=1S/C14H19NO4/c15-4-3-11-5-13-14(19-9-18-13)6-12(11)17-8-16-7-10-1-2-10/h5-6,10H,1-4,7-9,15H2. The molecule has 0 radical (unpaired) electrons. The minimum Gasteiger partial charge on any atom is -0.467 e. The molecule has 1 fully saturated rings. The average molecular weight is 265 g/mol. The van der Waals surface area contributed by atoms with Crippen LogP contribution in [0.3, 0.4) is 0 Å². The highest BCUT2D eigenvalue weighted by Crippen LogP contribution is 2.38. The van der Waals surface area contributed by atoms with Crippen LogP contribution < -0.4 is 19.9 Å². The highest BCUT2D eigenvalue weighted by molar-refractivity contribution is 5.51. The fraction of sp³-hybridized carbons (Fsp3) is 0.571. The van der Waals surface area contributed by atoms with Gasteiger partial charge in [-0.3, -0.25) is 0 Å². The molecule has 0 unspecified atom stereocenters. The molecule has 0 spiro atoms. The molecule has 5 nitrogen and oxygen atoms in total. The van der Waals surface area contributed by atoms with E-state index in [0.29, 0.717) is 6.54 Å². The van der Waals surface area contributed by atoms with Crippen LogP contribution in [0.2, 0.25) is 0 Å². The van der Waals surface area contributed by atoms with Crippen LogP contribution in [0.4, 0.5) is 0 Å². The Morgan fingerprint density at radius 3 is 2.74 bits per heavy atom. The lowest BCUT2D eigenvalue weighted by molar-refractivity contribution is 0.00940. The van der Waals surface area contributed by atoms with Gasteiger partial charge in [-0.25, -0.2) is 0 Å².